The zero-order valence-corrected chi connectivity index (χ0v) is 21.7. The predicted octanol–water partition coefficient (Wildman–Crippen LogP) is 6.35. The van der Waals surface area contributed by atoms with E-state index in [1.807, 2.05) is 0 Å². The third-order valence-electron chi connectivity index (χ3n) is 9.11. The number of benzene rings is 1. The summed E-state index contributed by atoms with van der Waals surface area (Å²) in [6.45, 7) is 12.0. The fourth-order valence-corrected chi connectivity index (χ4v) is 6.82. The molecule has 188 valence electrons. The van der Waals surface area contributed by atoms with Crippen LogP contribution in [0.25, 0.3) is 5.57 Å². The number of unbranched alkanes of at least 4 members (excludes halogenated alkanes) is 2. The van der Waals surface area contributed by atoms with Gasteiger partial charge in [0.05, 0.1) is 13.2 Å². The molecule has 5 rings (SSSR count). The van der Waals surface area contributed by atoms with Crippen LogP contribution in [0.15, 0.2) is 24.3 Å². The molecule has 0 radical (unpaired) electrons. The van der Waals surface area contributed by atoms with Crippen molar-refractivity contribution in [3.8, 4) is 0 Å². The second-order valence-corrected chi connectivity index (χ2v) is 11.3. The molecular formula is C30H47N3O. The number of ether oxygens (including phenoxy) is 1. The summed E-state index contributed by atoms with van der Waals surface area (Å²) in [4.78, 5) is 7.88. The van der Waals surface area contributed by atoms with Gasteiger partial charge in [-0.15, -0.1) is 0 Å². The Hall–Kier alpha value is -1.52. The number of anilines is 2. The zero-order chi connectivity index (χ0) is 23.2. The minimum Gasteiger partial charge on any atom is -0.378 e. The van der Waals surface area contributed by atoms with Gasteiger partial charge in [-0.2, -0.15) is 0 Å². The minimum atomic E-state index is 0.619. The number of morpholine rings is 1. The Kier molecular flexibility index (Phi) is 8.16. The van der Waals surface area contributed by atoms with Crippen molar-refractivity contribution in [3.05, 3.63) is 29.8 Å². The number of allylic oxidation sites excluding steroid dienone is 2. The predicted molar refractivity (Wildman–Crippen MR) is 145 cm³/mol. The van der Waals surface area contributed by atoms with Crippen LogP contribution in [0.1, 0.15) is 83.1 Å². The maximum Gasteiger partial charge on any atom is 0.0642 e. The standard InChI is InChI=1S/C30H47N3O/c1-2-3-7-16-31-17-19-33(20-18-31)29-9-8-27(32-21-23-34-24-22-32)25-28(29)26-10-14-30(15-11-26)12-5-4-6-13-30/h8-10,25H,2-7,11-24H2,1H3. The van der Waals surface area contributed by atoms with Gasteiger partial charge in [-0.3, -0.25) is 4.90 Å². The zero-order valence-electron chi connectivity index (χ0n) is 21.7. The first-order valence-corrected chi connectivity index (χ1v) is 14.4. The third-order valence-corrected chi connectivity index (χ3v) is 9.11. The van der Waals surface area contributed by atoms with Gasteiger partial charge >= 0.3 is 0 Å². The summed E-state index contributed by atoms with van der Waals surface area (Å²) in [5.74, 6) is 0. The Morgan fingerprint density at radius 2 is 1.65 bits per heavy atom. The van der Waals surface area contributed by atoms with Gasteiger partial charge in [-0.25, -0.2) is 0 Å². The van der Waals surface area contributed by atoms with E-state index >= 15 is 0 Å². The van der Waals surface area contributed by atoms with Crippen LogP contribution in [0, 0.1) is 5.41 Å². The maximum absolute atomic E-state index is 5.63. The van der Waals surface area contributed by atoms with Crippen LogP contribution in [0.4, 0.5) is 11.4 Å². The Morgan fingerprint density at radius 3 is 2.35 bits per heavy atom. The van der Waals surface area contributed by atoms with Crippen molar-refractivity contribution < 1.29 is 4.74 Å². The highest BCUT2D eigenvalue weighted by Gasteiger charge is 2.34. The first-order chi connectivity index (χ1) is 16.8. The second kappa shape index (κ2) is 11.5. The molecule has 2 saturated heterocycles. The van der Waals surface area contributed by atoms with E-state index < -0.39 is 0 Å². The summed E-state index contributed by atoms with van der Waals surface area (Å²) in [5.41, 5.74) is 6.63. The smallest absolute Gasteiger partial charge is 0.0642 e. The first-order valence-electron chi connectivity index (χ1n) is 14.4. The normalized spacial score (nSPS) is 23.9. The van der Waals surface area contributed by atoms with Gasteiger partial charge in [0.2, 0.25) is 0 Å². The van der Waals surface area contributed by atoms with E-state index in [-0.39, 0.29) is 0 Å². The summed E-state index contributed by atoms with van der Waals surface area (Å²) in [7, 11) is 0. The molecule has 4 heteroatoms. The summed E-state index contributed by atoms with van der Waals surface area (Å²) in [6, 6.07) is 7.35. The second-order valence-electron chi connectivity index (χ2n) is 11.3. The van der Waals surface area contributed by atoms with Crippen molar-refractivity contribution in [1.82, 2.24) is 4.90 Å². The van der Waals surface area contributed by atoms with Crippen LogP contribution in [-0.2, 0) is 4.74 Å². The number of hydrogen-bond donors (Lipinski definition) is 0. The van der Waals surface area contributed by atoms with E-state index in [4.69, 9.17) is 4.74 Å². The Bertz CT molecular complexity index is 814. The van der Waals surface area contributed by atoms with Crippen LogP contribution in [0.3, 0.4) is 0 Å². The Labute approximate surface area is 208 Å². The maximum atomic E-state index is 5.63. The highest BCUT2D eigenvalue weighted by Crippen LogP contribution is 2.49. The number of rotatable bonds is 7. The number of nitrogens with zero attached hydrogens (tertiary/aromatic N) is 3. The highest BCUT2D eigenvalue weighted by molar-refractivity contribution is 5.80. The Morgan fingerprint density at radius 1 is 0.853 bits per heavy atom. The summed E-state index contributed by atoms with van der Waals surface area (Å²) in [5, 5.41) is 0. The van der Waals surface area contributed by atoms with E-state index in [0.717, 1.165) is 39.4 Å². The van der Waals surface area contributed by atoms with Crippen molar-refractivity contribution in [2.75, 3.05) is 68.8 Å². The summed E-state index contributed by atoms with van der Waals surface area (Å²) >= 11 is 0. The van der Waals surface area contributed by atoms with Crippen LogP contribution < -0.4 is 9.80 Å². The van der Waals surface area contributed by atoms with Gasteiger partial charge < -0.3 is 14.5 Å². The molecule has 4 aliphatic rings. The molecule has 1 aromatic rings. The van der Waals surface area contributed by atoms with Crippen LogP contribution >= 0.6 is 0 Å². The molecule has 1 aromatic carbocycles. The van der Waals surface area contributed by atoms with E-state index in [2.05, 4.69) is 45.9 Å². The van der Waals surface area contributed by atoms with Gasteiger partial charge in [-0.1, -0.05) is 45.1 Å². The molecular weight excluding hydrogens is 418 g/mol. The molecule has 1 spiro atoms. The fourth-order valence-electron chi connectivity index (χ4n) is 6.82. The molecule has 2 aliphatic carbocycles. The van der Waals surface area contributed by atoms with Crippen molar-refractivity contribution in [3.63, 3.8) is 0 Å². The molecule has 0 aromatic heterocycles. The number of piperazine rings is 1. The lowest BCUT2D eigenvalue weighted by Gasteiger charge is -2.41. The van der Waals surface area contributed by atoms with Crippen molar-refractivity contribution in [2.45, 2.75) is 77.6 Å². The summed E-state index contributed by atoms with van der Waals surface area (Å²) in [6.07, 6.45) is 17.9. The topological polar surface area (TPSA) is 19.0 Å². The van der Waals surface area contributed by atoms with Crippen molar-refractivity contribution in [2.24, 2.45) is 5.41 Å². The van der Waals surface area contributed by atoms with Crippen LogP contribution in [0.5, 0.6) is 0 Å². The lowest BCUT2D eigenvalue weighted by atomic mass is 9.65. The molecule has 2 heterocycles. The van der Waals surface area contributed by atoms with E-state index in [0.29, 0.717) is 5.41 Å². The van der Waals surface area contributed by atoms with E-state index in [1.165, 1.54) is 107 Å². The van der Waals surface area contributed by atoms with Crippen LogP contribution in [0.2, 0.25) is 0 Å². The van der Waals surface area contributed by atoms with Gasteiger partial charge in [0.1, 0.15) is 0 Å². The van der Waals surface area contributed by atoms with Gasteiger partial charge in [-0.05, 0) is 74.3 Å². The molecule has 0 atom stereocenters. The van der Waals surface area contributed by atoms with E-state index in [9.17, 15) is 0 Å². The van der Waals surface area contributed by atoms with E-state index in [1.54, 1.807) is 5.57 Å². The molecule has 1 saturated carbocycles. The lowest BCUT2D eigenvalue weighted by Crippen LogP contribution is -2.47. The molecule has 0 unspecified atom stereocenters. The molecule has 0 bridgehead atoms. The molecule has 34 heavy (non-hydrogen) atoms. The minimum absolute atomic E-state index is 0.619. The quantitative estimate of drug-likeness (QED) is 0.437. The van der Waals surface area contributed by atoms with Crippen molar-refractivity contribution >= 4 is 16.9 Å². The largest absolute Gasteiger partial charge is 0.378 e. The number of hydrogen-bond acceptors (Lipinski definition) is 4. The van der Waals surface area contributed by atoms with Crippen LogP contribution in [-0.4, -0.2) is 63.9 Å². The molecule has 3 fully saturated rings. The Balaban J connectivity index is 1.35. The van der Waals surface area contributed by atoms with Gasteiger partial charge in [0.15, 0.2) is 0 Å². The monoisotopic (exact) mass is 465 g/mol. The molecule has 0 N–H and O–H groups in total. The summed E-state index contributed by atoms with van der Waals surface area (Å²) < 4.78 is 5.63. The van der Waals surface area contributed by atoms with Gasteiger partial charge in [0.25, 0.3) is 0 Å². The van der Waals surface area contributed by atoms with Gasteiger partial charge in [0, 0.05) is 56.2 Å². The lowest BCUT2D eigenvalue weighted by molar-refractivity contribution is 0.122. The fraction of sp³-hybridized carbons (Fsp3) is 0.733. The molecule has 4 nitrogen and oxygen atoms in total. The third kappa shape index (κ3) is 5.65. The highest BCUT2D eigenvalue weighted by atomic mass is 16.5. The average molecular weight is 466 g/mol. The first kappa shape index (κ1) is 24.2. The average Bonchev–Trinajstić information content (AvgIpc) is 2.90. The van der Waals surface area contributed by atoms with Crippen molar-refractivity contribution in [1.29, 1.82) is 0 Å². The molecule has 2 aliphatic heterocycles. The SMILES string of the molecule is CCCCCN1CCN(c2ccc(N3CCOCC3)cc2C2=CCC3(CCCCC3)CC2)CC1. The molecule has 0 amide bonds.